The fourth-order valence-corrected chi connectivity index (χ4v) is 3.31. The number of rotatable bonds is 7. The van der Waals surface area contributed by atoms with E-state index in [4.69, 9.17) is 9.47 Å². The molecule has 2 heterocycles. The van der Waals surface area contributed by atoms with Crippen LogP contribution in [0.5, 0.6) is 5.75 Å². The molecule has 3 unspecified atom stereocenters. The van der Waals surface area contributed by atoms with Gasteiger partial charge in [0, 0.05) is 13.6 Å². The van der Waals surface area contributed by atoms with E-state index in [1.807, 2.05) is 0 Å². The van der Waals surface area contributed by atoms with Crippen molar-refractivity contribution in [2.45, 2.75) is 50.4 Å². The van der Waals surface area contributed by atoms with Crippen LogP contribution in [0.1, 0.15) is 32.1 Å². The molecule has 1 aromatic carbocycles. The molecule has 5 nitrogen and oxygen atoms in total. The molecule has 0 aromatic heterocycles. The van der Waals surface area contributed by atoms with Crippen LogP contribution in [0.3, 0.4) is 0 Å². The Balaban J connectivity index is 0.00000225. The fraction of sp³-hybridized carbons (Fsp3) is 0.611. The largest absolute Gasteiger partial charge is 0.494 e. The molecule has 2 bridgehead atoms. The minimum Gasteiger partial charge on any atom is -0.494 e. The average Bonchev–Trinajstić information content (AvgIpc) is 3.21. The number of ether oxygens (including phenoxy) is 2. The first-order valence-corrected chi connectivity index (χ1v) is 8.75. The van der Waals surface area contributed by atoms with E-state index in [1.54, 1.807) is 19.2 Å². The van der Waals surface area contributed by atoms with Crippen LogP contribution in [0, 0.1) is 5.82 Å². The highest BCUT2D eigenvalue weighted by Gasteiger charge is 2.41. The number of fused-ring (bicyclic) bond motifs is 2. The van der Waals surface area contributed by atoms with Crippen molar-refractivity contribution in [1.29, 1.82) is 0 Å². The summed E-state index contributed by atoms with van der Waals surface area (Å²) >= 11 is 0. The van der Waals surface area contributed by atoms with Crippen LogP contribution in [-0.4, -0.2) is 44.4 Å². The monoisotopic (exact) mass is 463 g/mol. The minimum atomic E-state index is -0.244. The van der Waals surface area contributed by atoms with Gasteiger partial charge in [-0.2, -0.15) is 0 Å². The van der Waals surface area contributed by atoms with Crippen molar-refractivity contribution in [3.63, 3.8) is 0 Å². The fourth-order valence-electron chi connectivity index (χ4n) is 3.31. The maximum atomic E-state index is 12.8. The molecule has 2 saturated heterocycles. The standard InChI is InChI=1S/C18H26FN3O2.HI/c1-20-18(22-16-12-15-8-9-17(16)24-15)21-10-2-3-11-23-14-6-4-13(19)5-7-14;/h4-7,15-17H,2-3,8-12H2,1H3,(H2,20,21,22);1H. The van der Waals surface area contributed by atoms with Gasteiger partial charge in [-0.05, 0) is 56.4 Å². The van der Waals surface area contributed by atoms with Gasteiger partial charge in [0.2, 0.25) is 0 Å². The summed E-state index contributed by atoms with van der Waals surface area (Å²) in [4.78, 5) is 4.28. The van der Waals surface area contributed by atoms with E-state index in [1.165, 1.54) is 18.6 Å². The van der Waals surface area contributed by atoms with E-state index < -0.39 is 0 Å². The van der Waals surface area contributed by atoms with Gasteiger partial charge < -0.3 is 20.1 Å². The number of guanidine groups is 1. The Hall–Kier alpha value is -1.09. The maximum absolute atomic E-state index is 12.8. The summed E-state index contributed by atoms with van der Waals surface area (Å²) in [5.74, 6) is 1.31. The number of aliphatic imine (C=N–C) groups is 1. The molecule has 25 heavy (non-hydrogen) atoms. The molecule has 2 N–H and O–H groups in total. The summed E-state index contributed by atoms with van der Waals surface area (Å²) in [6, 6.07) is 6.50. The summed E-state index contributed by atoms with van der Waals surface area (Å²) in [5.41, 5.74) is 0. The molecular formula is C18H27FIN3O2. The minimum absolute atomic E-state index is 0. The van der Waals surface area contributed by atoms with Crippen molar-refractivity contribution in [3.05, 3.63) is 30.1 Å². The third-order valence-corrected chi connectivity index (χ3v) is 4.60. The van der Waals surface area contributed by atoms with Gasteiger partial charge in [-0.15, -0.1) is 24.0 Å². The van der Waals surface area contributed by atoms with Crippen LogP contribution in [0.4, 0.5) is 4.39 Å². The van der Waals surface area contributed by atoms with Gasteiger partial charge in [0.1, 0.15) is 11.6 Å². The lowest BCUT2D eigenvalue weighted by Gasteiger charge is -2.22. The summed E-state index contributed by atoms with van der Waals surface area (Å²) in [6.45, 7) is 1.47. The van der Waals surface area contributed by atoms with E-state index >= 15 is 0 Å². The van der Waals surface area contributed by atoms with Gasteiger partial charge in [0.25, 0.3) is 0 Å². The number of hydrogen-bond acceptors (Lipinski definition) is 3. The Morgan fingerprint density at radius 3 is 2.72 bits per heavy atom. The predicted molar refractivity (Wildman–Crippen MR) is 107 cm³/mol. The number of nitrogens with one attached hydrogen (secondary N) is 2. The average molecular weight is 463 g/mol. The zero-order valence-corrected chi connectivity index (χ0v) is 16.9. The third-order valence-electron chi connectivity index (χ3n) is 4.60. The summed E-state index contributed by atoms with van der Waals surface area (Å²) < 4.78 is 24.2. The van der Waals surface area contributed by atoms with Gasteiger partial charge in [-0.25, -0.2) is 4.39 Å². The normalized spacial score (nSPS) is 24.7. The SMILES string of the molecule is CN=C(NCCCCOc1ccc(F)cc1)NC1CC2CCC1O2.I. The molecule has 0 aliphatic carbocycles. The molecule has 3 atom stereocenters. The van der Waals surface area contributed by atoms with Crippen LogP contribution in [0.15, 0.2) is 29.3 Å². The highest BCUT2D eigenvalue weighted by molar-refractivity contribution is 14.0. The van der Waals surface area contributed by atoms with E-state index in [-0.39, 0.29) is 29.8 Å². The highest BCUT2D eigenvalue weighted by Crippen LogP contribution is 2.34. The molecule has 0 saturated carbocycles. The summed E-state index contributed by atoms with van der Waals surface area (Å²) in [5, 5.41) is 6.81. The molecule has 140 valence electrons. The van der Waals surface area contributed by atoms with Gasteiger partial charge >= 0.3 is 0 Å². The van der Waals surface area contributed by atoms with E-state index in [9.17, 15) is 4.39 Å². The van der Waals surface area contributed by atoms with Crippen molar-refractivity contribution in [3.8, 4) is 5.75 Å². The van der Waals surface area contributed by atoms with Crippen LogP contribution >= 0.6 is 24.0 Å². The number of halogens is 2. The first-order chi connectivity index (χ1) is 11.7. The molecule has 2 fully saturated rings. The lowest BCUT2D eigenvalue weighted by Crippen LogP contribution is -2.47. The van der Waals surface area contributed by atoms with Crippen LogP contribution in [-0.2, 0) is 4.74 Å². The summed E-state index contributed by atoms with van der Waals surface area (Å²) in [7, 11) is 1.79. The first kappa shape index (κ1) is 20.2. The second-order valence-corrected chi connectivity index (χ2v) is 6.37. The molecule has 0 amide bonds. The maximum Gasteiger partial charge on any atom is 0.191 e. The van der Waals surface area contributed by atoms with Crippen molar-refractivity contribution in [1.82, 2.24) is 10.6 Å². The lowest BCUT2D eigenvalue weighted by molar-refractivity contribution is 0.0992. The molecule has 0 radical (unpaired) electrons. The molecular weight excluding hydrogens is 436 g/mol. The Bertz CT molecular complexity index is 556. The zero-order valence-electron chi connectivity index (χ0n) is 14.5. The van der Waals surface area contributed by atoms with Crippen molar-refractivity contribution in [2.75, 3.05) is 20.2 Å². The number of unbranched alkanes of at least 4 members (excludes halogenated alkanes) is 1. The number of hydrogen-bond donors (Lipinski definition) is 2. The van der Waals surface area contributed by atoms with Crippen molar-refractivity contribution < 1.29 is 13.9 Å². The highest BCUT2D eigenvalue weighted by atomic mass is 127. The van der Waals surface area contributed by atoms with Crippen LogP contribution in [0.2, 0.25) is 0 Å². The van der Waals surface area contributed by atoms with E-state index in [2.05, 4.69) is 15.6 Å². The van der Waals surface area contributed by atoms with Gasteiger partial charge in [0.05, 0.1) is 24.9 Å². The lowest BCUT2D eigenvalue weighted by atomic mass is 9.96. The second-order valence-electron chi connectivity index (χ2n) is 6.37. The Kier molecular flexibility index (Phi) is 8.21. The molecule has 2 aliphatic heterocycles. The molecule has 0 spiro atoms. The van der Waals surface area contributed by atoms with Crippen LogP contribution < -0.4 is 15.4 Å². The Labute approximate surface area is 165 Å². The molecule has 2 aliphatic rings. The van der Waals surface area contributed by atoms with Crippen LogP contribution in [0.25, 0.3) is 0 Å². The van der Waals surface area contributed by atoms with E-state index in [0.717, 1.165) is 38.2 Å². The topological polar surface area (TPSA) is 54.9 Å². The predicted octanol–water partition coefficient (Wildman–Crippen LogP) is 3.09. The molecule has 7 heteroatoms. The van der Waals surface area contributed by atoms with Gasteiger partial charge in [-0.3, -0.25) is 4.99 Å². The first-order valence-electron chi connectivity index (χ1n) is 8.75. The number of benzene rings is 1. The Morgan fingerprint density at radius 2 is 2.08 bits per heavy atom. The number of nitrogens with zero attached hydrogens (tertiary/aromatic N) is 1. The van der Waals surface area contributed by atoms with Crippen molar-refractivity contribution >= 4 is 29.9 Å². The quantitative estimate of drug-likeness (QED) is 0.283. The molecule has 3 rings (SSSR count). The molecule has 1 aromatic rings. The van der Waals surface area contributed by atoms with Crippen molar-refractivity contribution in [2.24, 2.45) is 4.99 Å². The summed E-state index contributed by atoms with van der Waals surface area (Å²) in [6.07, 6.45) is 6.13. The third kappa shape index (κ3) is 5.99. The smallest absolute Gasteiger partial charge is 0.191 e. The second kappa shape index (κ2) is 10.2. The van der Waals surface area contributed by atoms with Gasteiger partial charge in [-0.1, -0.05) is 0 Å². The Morgan fingerprint density at radius 1 is 1.28 bits per heavy atom. The van der Waals surface area contributed by atoms with E-state index in [0.29, 0.717) is 30.6 Å². The van der Waals surface area contributed by atoms with Gasteiger partial charge in [0.15, 0.2) is 5.96 Å². The zero-order chi connectivity index (χ0) is 16.8.